The number of nitrogens with two attached hydrogens (primary N) is 1. The van der Waals surface area contributed by atoms with Crippen LogP contribution in [0.5, 0.6) is 0 Å². The molecule has 0 radical (unpaired) electrons. The van der Waals surface area contributed by atoms with Gasteiger partial charge in [0.2, 0.25) is 5.91 Å². The number of anilines is 1. The van der Waals surface area contributed by atoms with Gasteiger partial charge in [-0.1, -0.05) is 6.07 Å². The molecule has 98 valence electrons. The zero-order valence-corrected chi connectivity index (χ0v) is 10.2. The molecule has 1 amide bonds. The van der Waals surface area contributed by atoms with Crippen LogP contribution in [-0.4, -0.2) is 29.5 Å². The van der Waals surface area contributed by atoms with Crippen LogP contribution in [0.3, 0.4) is 0 Å². The fourth-order valence-corrected chi connectivity index (χ4v) is 1.59. The molecule has 1 aromatic rings. The quantitative estimate of drug-likeness (QED) is 0.588. The molecule has 0 heterocycles. The molecular weight excluding hydrogens is 238 g/mol. The summed E-state index contributed by atoms with van der Waals surface area (Å²) in [6.45, 7) is 1.40. The summed E-state index contributed by atoms with van der Waals surface area (Å²) in [6, 6.07) is 4.35. The molecule has 0 aromatic heterocycles. The summed E-state index contributed by atoms with van der Waals surface area (Å²) >= 11 is 0. The molecule has 0 bridgehead atoms. The maximum absolute atomic E-state index is 11.0. The molecular formula is C11H15N3O4. The predicted molar refractivity (Wildman–Crippen MR) is 66.2 cm³/mol. The predicted octanol–water partition coefficient (Wildman–Crippen LogP) is 0.570. The van der Waals surface area contributed by atoms with Crippen molar-refractivity contribution in [3.8, 4) is 0 Å². The lowest BCUT2D eigenvalue weighted by Gasteiger charge is -2.18. The first-order valence-corrected chi connectivity index (χ1v) is 5.28. The Kier molecular flexibility index (Phi) is 4.22. The fraction of sp³-hybridized carbons (Fsp3) is 0.364. The van der Waals surface area contributed by atoms with Gasteiger partial charge in [-0.05, 0) is 18.6 Å². The molecule has 0 fully saturated rings. The van der Waals surface area contributed by atoms with Crippen LogP contribution < -0.4 is 10.6 Å². The van der Waals surface area contributed by atoms with Crippen molar-refractivity contribution in [2.75, 3.05) is 18.5 Å². The summed E-state index contributed by atoms with van der Waals surface area (Å²) in [7, 11) is 1.54. The number of aliphatic hydroxyl groups excluding tert-OH is 1. The molecule has 0 aliphatic rings. The Morgan fingerprint density at radius 2 is 2.22 bits per heavy atom. The molecule has 18 heavy (non-hydrogen) atoms. The first kappa shape index (κ1) is 13.9. The second kappa shape index (κ2) is 5.46. The molecule has 1 rings (SSSR count). The van der Waals surface area contributed by atoms with Crippen molar-refractivity contribution in [3.05, 3.63) is 33.9 Å². The van der Waals surface area contributed by atoms with E-state index in [9.17, 15) is 20.0 Å². The molecule has 3 N–H and O–H groups in total. The number of rotatable bonds is 5. The smallest absolute Gasteiger partial charge is 0.292 e. The van der Waals surface area contributed by atoms with Crippen molar-refractivity contribution in [1.82, 2.24) is 0 Å². The van der Waals surface area contributed by atoms with E-state index in [2.05, 4.69) is 0 Å². The zero-order chi connectivity index (χ0) is 13.9. The molecule has 7 heteroatoms. The van der Waals surface area contributed by atoms with E-state index in [4.69, 9.17) is 5.73 Å². The fourth-order valence-electron chi connectivity index (χ4n) is 1.59. The van der Waals surface area contributed by atoms with Gasteiger partial charge in [-0.15, -0.1) is 0 Å². The summed E-state index contributed by atoms with van der Waals surface area (Å²) in [5, 5.41) is 20.4. The summed E-state index contributed by atoms with van der Waals surface area (Å²) < 4.78 is 0. The minimum atomic E-state index is -0.792. The first-order valence-electron chi connectivity index (χ1n) is 5.28. The topological polar surface area (TPSA) is 110 Å². The summed E-state index contributed by atoms with van der Waals surface area (Å²) in [5.74, 6) is -0.577. The van der Waals surface area contributed by atoms with Gasteiger partial charge in [-0.2, -0.15) is 0 Å². The van der Waals surface area contributed by atoms with Crippen LogP contribution in [0.25, 0.3) is 0 Å². The van der Waals surface area contributed by atoms with Gasteiger partial charge in [0.15, 0.2) is 0 Å². The lowest BCUT2D eigenvalue weighted by Crippen LogP contribution is -2.30. The summed E-state index contributed by atoms with van der Waals surface area (Å²) in [5.41, 5.74) is 5.60. The third-order valence-corrected chi connectivity index (χ3v) is 2.48. The number of amides is 1. The van der Waals surface area contributed by atoms with Crippen LogP contribution in [0.1, 0.15) is 18.6 Å². The molecule has 1 aromatic carbocycles. The molecule has 0 unspecified atom stereocenters. The normalized spacial score (nSPS) is 11.9. The lowest BCUT2D eigenvalue weighted by molar-refractivity contribution is -0.384. The third kappa shape index (κ3) is 3.17. The highest BCUT2D eigenvalue weighted by molar-refractivity contribution is 5.80. The van der Waals surface area contributed by atoms with Crippen LogP contribution >= 0.6 is 0 Å². The van der Waals surface area contributed by atoms with E-state index in [0.717, 1.165) is 0 Å². The first-order chi connectivity index (χ1) is 8.32. The third-order valence-electron chi connectivity index (χ3n) is 2.48. The van der Waals surface area contributed by atoms with Crippen molar-refractivity contribution in [2.24, 2.45) is 5.73 Å². The number of nitro groups is 1. The van der Waals surface area contributed by atoms with Crippen molar-refractivity contribution in [1.29, 1.82) is 0 Å². The number of benzene rings is 1. The van der Waals surface area contributed by atoms with E-state index >= 15 is 0 Å². The van der Waals surface area contributed by atoms with Gasteiger partial charge in [0, 0.05) is 13.1 Å². The van der Waals surface area contributed by atoms with Crippen molar-refractivity contribution in [3.63, 3.8) is 0 Å². The summed E-state index contributed by atoms with van der Waals surface area (Å²) in [4.78, 5) is 22.6. The van der Waals surface area contributed by atoms with Gasteiger partial charge in [-0.3, -0.25) is 14.9 Å². The number of carbonyl (C=O) groups excluding carboxylic acids is 1. The van der Waals surface area contributed by atoms with E-state index in [1.54, 1.807) is 6.07 Å². The molecule has 0 aliphatic carbocycles. The number of primary amides is 1. The highest BCUT2D eigenvalue weighted by Gasteiger charge is 2.19. The monoisotopic (exact) mass is 253 g/mol. The van der Waals surface area contributed by atoms with Gasteiger partial charge >= 0.3 is 0 Å². The van der Waals surface area contributed by atoms with Gasteiger partial charge < -0.3 is 15.7 Å². The van der Waals surface area contributed by atoms with Crippen LogP contribution in [0.2, 0.25) is 0 Å². The van der Waals surface area contributed by atoms with Gasteiger partial charge in [0.1, 0.15) is 5.69 Å². The summed E-state index contributed by atoms with van der Waals surface area (Å²) in [6.07, 6.45) is -0.792. The van der Waals surface area contributed by atoms with Gasteiger partial charge in [0.25, 0.3) is 5.69 Å². The zero-order valence-electron chi connectivity index (χ0n) is 10.2. The average Bonchev–Trinajstić information content (AvgIpc) is 2.26. The second-order valence-corrected chi connectivity index (χ2v) is 4.00. The Labute approximate surface area is 104 Å². The van der Waals surface area contributed by atoms with E-state index in [-0.39, 0.29) is 17.9 Å². The number of hydrogen-bond donors (Lipinski definition) is 2. The van der Waals surface area contributed by atoms with Gasteiger partial charge in [-0.25, -0.2) is 0 Å². The number of carbonyl (C=O) groups is 1. The second-order valence-electron chi connectivity index (χ2n) is 4.00. The minimum absolute atomic E-state index is 0.116. The van der Waals surface area contributed by atoms with Crippen molar-refractivity contribution < 1.29 is 14.8 Å². The van der Waals surface area contributed by atoms with E-state index < -0.39 is 16.9 Å². The Morgan fingerprint density at radius 1 is 1.61 bits per heavy atom. The van der Waals surface area contributed by atoms with Crippen LogP contribution in [0.15, 0.2) is 18.2 Å². The molecule has 0 saturated carbocycles. The largest absolute Gasteiger partial charge is 0.389 e. The number of hydrogen-bond acceptors (Lipinski definition) is 5. The average molecular weight is 253 g/mol. The van der Waals surface area contributed by atoms with Crippen LogP contribution in [0.4, 0.5) is 11.4 Å². The Hall–Kier alpha value is -2.15. The van der Waals surface area contributed by atoms with Crippen LogP contribution in [0, 0.1) is 10.1 Å². The molecule has 1 atom stereocenters. The highest BCUT2D eigenvalue weighted by Crippen LogP contribution is 2.30. The van der Waals surface area contributed by atoms with E-state index in [1.807, 2.05) is 0 Å². The Morgan fingerprint density at radius 3 is 2.67 bits per heavy atom. The number of nitrogens with zero attached hydrogens (tertiary/aromatic N) is 2. The maximum atomic E-state index is 11.0. The van der Waals surface area contributed by atoms with Crippen molar-refractivity contribution >= 4 is 17.3 Å². The number of nitro benzene ring substituents is 1. The minimum Gasteiger partial charge on any atom is -0.389 e. The van der Waals surface area contributed by atoms with Crippen molar-refractivity contribution in [2.45, 2.75) is 13.0 Å². The lowest BCUT2D eigenvalue weighted by atomic mass is 10.1. The SMILES string of the molecule is C[C@@H](O)c1ccc(N(C)CC(N)=O)c([N+](=O)[O-])c1. The molecule has 0 saturated heterocycles. The standard InChI is InChI=1S/C11H15N3O4/c1-7(15)8-3-4-9(10(5-8)14(17)18)13(2)6-11(12)16/h3-5,7,15H,6H2,1-2H3,(H2,12,16)/t7-/m1/s1. The number of aliphatic hydroxyl groups is 1. The Balaban J connectivity index is 3.19. The molecule has 0 spiro atoms. The molecule has 7 nitrogen and oxygen atoms in total. The number of likely N-dealkylation sites (N-methyl/N-ethyl adjacent to an activating group) is 1. The highest BCUT2D eigenvalue weighted by atomic mass is 16.6. The molecule has 0 aliphatic heterocycles. The van der Waals surface area contributed by atoms with E-state index in [1.165, 1.54) is 31.0 Å². The maximum Gasteiger partial charge on any atom is 0.292 e. The van der Waals surface area contributed by atoms with E-state index in [0.29, 0.717) is 5.56 Å². The van der Waals surface area contributed by atoms with Crippen LogP contribution in [-0.2, 0) is 4.79 Å². The van der Waals surface area contributed by atoms with Gasteiger partial charge in [0.05, 0.1) is 17.6 Å². The Bertz CT molecular complexity index is 473.